The molecule has 9 nitrogen and oxygen atoms in total. The molecule has 1 amide bonds. The number of carbonyl (C=O) groups is 2. The van der Waals surface area contributed by atoms with E-state index in [4.69, 9.17) is 30.5 Å². The molecule has 2 N–H and O–H groups in total. The molecule has 0 aromatic heterocycles. The summed E-state index contributed by atoms with van der Waals surface area (Å²) in [6.45, 7) is 0.603. The van der Waals surface area contributed by atoms with Gasteiger partial charge in [0.1, 0.15) is 12.2 Å². The molecule has 3 rings (SSSR count). The van der Waals surface area contributed by atoms with Gasteiger partial charge in [0.05, 0.1) is 27.2 Å². The molecule has 2 aromatic rings. The molecule has 1 aliphatic heterocycles. The fourth-order valence-electron chi connectivity index (χ4n) is 3.51. The van der Waals surface area contributed by atoms with Crippen molar-refractivity contribution in [1.82, 2.24) is 5.43 Å². The zero-order chi connectivity index (χ0) is 24.7. The number of anilines is 1. The number of rotatable bonds is 8. The maximum atomic E-state index is 12.7. The van der Waals surface area contributed by atoms with E-state index in [1.54, 1.807) is 43.3 Å². The Bertz CT molecular complexity index is 1080. The lowest BCUT2D eigenvalue weighted by molar-refractivity contribution is -0.145. The van der Waals surface area contributed by atoms with Crippen molar-refractivity contribution in [3.63, 3.8) is 0 Å². The number of nitrogens with zero attached hydrogens (tertiary/aromatic N) is 1. The molecule has 0 saturated carbocycles. The number of nitrogens with one attached hydrogen (secondary N) is 2. The molecule has 34 heavy (non-hydrogen) atoms. The summed E-state index contributed by atoms with van der Waals surface area (Å²) in [4.78, 5) is 23.9. The lowest BCUT2D eigenvalue weighted by Gasteiger charge is -2.24. The highest BCUT2D eigenvalue weighted by Crippen LogP contribution is 2.43. The molecule has 1 aliphatic rings. The largest absolute Gasteiger partial charge is 0.493 e. The number of amides is 1. The van der Waals surface area contributed by atoms with E-state index >= 15 is 0 Å². The molecule has 0 fully saturated rings. The number of carbonyl (C=O) groups excluding carboxylic acids is 2. The number of esters is 1. The summed E-state index contributed by atoms with van der Waals surface area (Å²) in [5.74, 6) is -0.491. The second kappa shape index (κ2) is 11.7. The zero-order valence-electron chi connectivity index (χ0n) is 18.9. The lowest BCUT2D eigenvalue weighted by Crippen LogP contribution is -2.35. The Labute approximate surface area is 201 Å². The smallest absolute Gasteiger partial charge is 0.308 e. The van der Waals surface area contributed by atoms with E-state index in [1.165, 1.54) is 14.2 Å². The predicted molar refractivity (Wildman–Crippen MR) is 124 cm³/mol. The molecular weight excluding hydrogens is 469 g/mol. The Morgan fingerprint density at radius 3 is 2.68 bits per heavy atom. The Kier molecular flexibility index (Phi) is 8.67. The second-order valence-electron chi connectivity index (χ2n) is 7.12. The topological polar surface area (TPSA) is 107 Å². The first kappa shape index (κ1) is 25.3. The van der Waals surface area contributed by atoms with Crippen molar-refractivity contribution in [3.8, 4) is 11.5 Å². The minimum atomic E-state index is -1.25. The van der Waals surface area contributed by atoms with E-state index < -0.39 is 30.8 Å². The van der Waals surface area contributed by atoms with Gasteiger partial charge in [0.25, 0.3) is 5.91 Å². The SMILES string of the molecule is CCOC(=O)C[C@@H]1O[C@@H](c2cccc(OC)c2OC)c2cc(Cl)ccc2NC1=NNC(=O)CF. The average molecular weight is 494 g/mol. The summed E-state index contributed by atoms with van der Waals surface area (Å²) in [5, 5.41) is 7.51. The van der Waals surface area contributed by atoms with Gasteiger partial charge in [0.15, 0.2) is 24.0 Å². The molecule has 0 saturated heterocycles. The Hall–Kier alpha value is -3.37. The normalized spacial score (nSPS) is 18.3. The second-order valence-corrected chi connectivity index (χ2v) is 7.56. The fraction of sp³-hybridized carbons (Fsp3) is 0.348. The van der Waals surface area contributed by atoms with Crippen LogP contribution in [0.25, 0.3) is 0 Å². The molecule has 0 radical (unpaired) electrons. The predicted octanol–water partition coefficient (Wildman–Crippen LogP) is 3.61. The van der Waals surface area contributed by atoms with Crippen LogP contribution in [0.4, 0.5) is 10.1 Å². The van der Waals surface area contributed by atoms with Crippen LogP contribution < -0.4 is 20.2 Å². The molecule has 0 spiro atoms. The number of ether oxygens (including phenoxy) is 4. The standard InChI is InChI=1S/C23H25ClFN3O6/c1-4-33-20(30)11-18-23(28-27-19(29)12-25)26-16-9-8-13(24)10-15(16)21(34-18)14-6-5-7-17(31-2)22(14)32-3/h5-10,18,21H,4,11-12H2,1-3H3,(H,26,28)(H,27,29)/t18-,21-/m0/s1. The van der Waals surface area contributed by atoms with Gasteiger partial charge >= 0.3 is 5.97 Å². The Morgan fingerprint density at radius 2 is 2.00 bits per heavy atom. The van der Waals surface area contributed by atoms with Crippen LogP contribution in [0.5, 0.6) is 11.5 Å². The van der Waals surface area contributed by atoms with E-state index in [1.807, 2.05) is 0 Å². The summed E-state index contributed by atoms with van der Waals surface area (Å²) >= 11 is 6.29. The number of hydrogen-bond acceptors (Lipinski definition) is 7. The molecule has 11 heteroatoms. The van der Waals surface area contributed by atoms with E-state index in [2.05, 4.69) is 15.8 Å². The number of para-hydroxylation sites is 1. The molecule has 2 atom stereocenters. The first-order valence-corrected chi connectivity index (χ1v) is 10.8. The highest BCUT2D eigenvalue weighted by molar-refractivity contribution is 6.30. The van der Waals surface area contributed by atoms with Gasteiger partial charge in [-0.2, -0.15) is 5.10 Å². The number of methoxy groups -OCH3 is 2. The first-order chi connectivity index (χ1) is 16.4. The van der Waals surface area contributed by atoms with Gasteiger partial charge in [-0.15, -0.1) is 0 Å². The molecule has 0 aliphatic carbocycles. The van der Waals surface area contributed by atoms with Crippen molar-refractivity contribution in [3.05, 3.63) is 52.5 Å². The van der Waals surface area contributed by atoms with Crippen LogP contribution in [-0.4, -0.2) is 51.3 Å². The average Bonchev–Trinajstić information content (AvgIpc) is 2.98. The maximum absolute atomic E-state index is 12.7. The van der Waals surface area contributed by atoms with Gasteiger partial charge in [-0.1, -0.05) is 23.7 Å². The lowest BCUT2D eigenvalue weighted by atomic mass is 9.98. The maximum Gasteiger partial charge on any atom is 0.308 e. The Morgan fingerprint density at radius 1 is 1.21 bits per heavy atom. The van der Waals surface area contributed by atoms with Crippen LogP contribution in [0.3, 0.4) is 0 Å². The van der Waals surface area contributed by atoms with Crippen LogP contribution in [0.2, 0.25) is 5.02 Å². The van der Waals surface area contributed by atoms with E-state index in [9.17, 15) is 14.0 Å². The van der Waals surface area contributed by atoms with Gasteiger partial charge in [-0.3, -0.25) is 9.59 Å². The van der Waals surface area contributed by atoms with Gasteiger partial charge < -0.3 is 24.3 Å². The van der Waals surface area contributed by atoms with E-state index in [-0.39, 0.29) is 18.9 Å². The number of hydrazone groups is 1. The molecular formula is C23H25ClFN3O6. The number of fused-ring (bicyclic) bond motifs is 1. The zero-order valence-corrected chi connectivity index (χ0v) is 19.6. The van der Waals surface area contributed by atoms with Gasteiger partial charge in [0.2, 0.25) is 0 Å². The molecule has 182 valence electrons. The summed E-state index contributed by atoms with van der Waals surface area (Å²) in [6, 6.07) is 10.4. The number of benzene rings is 2. The van der Waals surface area contributed by atoms with Crippen LogP contribution in [-0.2, 0) is 19.1 Å². The van der Waals surface area contributed by atoms with Crippen molar-refractivity contribution in [2.45, 2.75) is 25.6 Å². The van der Waals surface area contributed by atoms with Crippen molar-refractivity contribution >= 4 is 35.0 Å². The number of halogens is 2. The highest BCUT2D eigenvalue weighted by atomic mass is 35.5. The van der Waals surface area contributed by atoms with Crippen molar-refractivity contribution < 1.29 is 32.9 Å². The summed E-state index contributed by atoms with van der Waals surface area (Å²) in [7, 11) is 3.02. The molecule has 2 aromatic carbocycles. The molecule has 1 heterocycles. The first-order valence-electron chi connectivity index (χ1n) is 10.4. The molecule has 0 bridgehead atoms. The molecule has 0 unspecified atom stereocenters. The third-order valence-electron chi connectivity index (χ3n) is 4.96. The summed E-state index contributed by atoms with van der Waals surface area (Å²) in [5.41, 5.74) is 3.89. The van der Waals surface area contributed by atoms with Gasteiger partial charge in [-0.05, 0) is 31.2 Å². The van der Waals surface area contributed by atoms with Crippen molar-refractivity contribution in [2.75, 3.05) is 32.8 Å². The van der Waals surface area contributed by atoms with Crippen LogP contribution in [0.15, 0.2) is 41.5 Å². The minimum absolute atomic E-state index is 0.0859. The van der Waals surface area contributed by atoms with Crippen LogP contribution >= 0.6 is 11.6 Å². The summed E-state index contributed by atoms with van der Waals surface area (Å²) < 4.78 is 35.2. The minimum Gasteiger partial charge on any atom is -0.493 e. The van der Waals surface area contributed by atoms with Gasteiger partial charge in [-0.25, -0.2) is 9.82 Å². The van der Waals surface area contributed by atoms with E-state index in [0.717, 1.165) is 0 Å². The van der Waals surface area contributed by atoms with Crippen LogP contribution in [0, 0.1) is 0 Å². The van der Waals surface area contributed by atoms with Crippen molar-refractivity contribution in [2.24, 2.45) is 5.10 Å². The van der Waals surface area contributed by atoms with E-state index in [0.29, 0.717) is 33.3 Å². The third-order valence-corrected chi connectivity index (χ3v) is 5.19. The number of hydrogen-bond donors (Lipinski definition) is 2. The number of alkyl halides is 1. The summed E-state index contributed by atoms with van der Waals surface area (Å²) in [6.07, 6.45) is -2.00. The number of amidine groups is 1. The van der Waals surface area contributed by atoms with Crippen molar-refractivity contribution in [1.29, 1.82) is 0 Å². The fourth-order valence-corrected chi connectivity index (χ4v) is 3.69. The third kappa shape index (κ3) is 5.75. The highest BCUT2D eigenvalue weighted by Gasteiger charge is 2.34. The van der Waals surface area contributed by atoms with Gasteiger partial charge in [0, 0.05) is 21.8 Å². The van der Waals surface area contributed by atoms with Crippen LogP contribution in [0.1, 0.15) is 30.6 Å². The Balaban J connectivity index is 2.15. The quantitative estimate of drug-likeness (QED) is 0.427. The monoisotopic (exact) mass is 493 g/mol.